The number of hydrogen-bond donors (Lipinski definition) is 1. The van der Waals surface area contributed by atoms with Crippen molar-refractivity contribution in [3.8, 4) is 11.3 Å². The maximum absolute atomic E-state index is 12.1. The second-order valence-corrected chi connectivity index (χ2v) is 4.45. The van der Waals surface area contributed by atoms with Crippen LogP contribution in [0.25, 0.3) is 22.2 Å². The molecule has 1 aromatic carbocycles. The minimum Gasteiger partial charge on any atom is -0.618 e. The third-order valence-corrected chi connectivity index (χ3v) is 3.17. The Balaban J connectivity index is 2.34. The molecule has 0 atom stereocenters. The van der Waals surface area contributed by atoms with Crippen molar-refractivity contribution in [3.05, 3.63) is 63.5 Å². The number of benzene rings is 1. The van der Waals surface area contributed by atoms with Gasteiger partial charge in [0, 0.05) is 17.7 Å². The molecule has 0 radical (unpaired) electrons. The van der Waals surface area contributed by atoms with Crippen molar-refractivity contribution < 1.29 is 24.0 Å². The molecule has 0 saturated heterocycles. The number of pyridine rings is 1. The van der Waals surface area contributed by atoms with Gasteiger partial charge in [0.1, 0.15) is 10.7 Å². The van der Waals surface area contributed by atoms with Gasteiger partial charge in [0.15, 0.2) is 0 Å². The van der Waals surface area contributed by atoms with Crippen LogP contribution in [-0.4, -0.2) is 16.0 Å². The molecule has 0 spiro atoms. The van der Waals surface area contributed by atoms with E-state index in [0.717, 1.165) is 6.07 Å². The molecular weight excluding hydrogens is 292 g/mol. The Morgan fingerprint density at radius 3 is 2.59 bits per heavy atom. The molecule has 3 rings (SSSR count). The molecule has 0 saturated carbocycles. The van der Waals surface area contributed by atoms with Crippen LogP contribution in [0.3, 0.4) is 0 Å². The Kier molecular flexibility index (Phi) is 2.99. The van der Waals surface area contributed by atoms with Crippen LogP contribution in [0.15, 0.2) is 46.9 Å². The lowest BCUT2D eigenvalue weighted by molar-refractivity contribution is -0.580. The van der Waals surface area contributed by atoms with Gasteiger partial charge in [-0.3, -0.25) is 10.1 Å². The van der Waals surface area contributed by atoms with Crippen LogP contribution in [0, 0.1) is 15.3 Å². The van der Waals surface area contributed by atoms with Crippen LogP contribution >= 0.6 is 0 Å². The standard InChI is InChI=1S/C14H8N2O6/c17-14(18)11-7-9(12-5-6-13(22-12)16(20)21)8-3-1-2-4-10(8)15(11)19/h1-7H,(H,17,18). The van der Waals surface area contributed by atoms with E-state index in [1.807, 2.05) is 0 Å². The number of nitrogens with zero attached hydrogens (tertiary/aromatic N) is 2. The van der Waals surface area contributed by atoms with E-state index in [-0.39, 0.29) is 11.3 Å². The number of carboxylic acid groups (broad SMARTS) is 1. The Labute approximate surface area is 122 Å². The molecule has 0 amide bonds. The Morgan fingerprint density at radius 1 is 1.23 bits per heavy atom. The average molecular weight is 300 g/mol. The number of nitro groups is 1. The summed E-state index contributed by atoms with van der Waals surface area (Å²) in [5.41, 5.74) is -0.0580. The average Bonchev–Trinajstić information content (AvgIpc) is 2.97. The molecule has 2 aromatic heterocycles. The molecule has 0 unspecified atom stereocenters. The first-order valence-corrected chi connectivity index (χ1v) is 6.12. The summed E-state index contributed by atoms with van der Waals surface area (Å²) in [6.07, 6.45) is 0. The molecule has 8 nitrogen and oxygen atoms in total. The molecule has 110 valence electrons. The highest BCUT2D eigenvalue weighted by Gasteiger charge is 2.24. The van der Waals surface area contributed by atoms with Gasteiger partial charge in [-0.15, -0.1) is 0 Å². The molecule has 0 bridgehead atoms. The lowest BCUT2D eigenvalue weighted by Gasteiger charge is -2.08. The second-order valence-electron chi connectivity index (χ2n) is 4.45. The molecule has 0 aliphatic carbocycles. The number of aromatic carboxylic acids is 1. The summed E-state index contributed by atoms with van der Waals surface area (Å²) in [7, 11) is 0. The molecule has 0 aliphatic rings. The molecule has 0 fully saturated rings. The normalized spacial score (nSPS) is 10.7. The van der Waals surface area contributed by atoms with Crippen molar-refractivity contribution in [1.29, 1.82) is 0 Å². The topological polar surface area (TPSA) is 121 Å². The zero-order chi connectivity index (χ0) is 15.9. The van der Waals surface area contributed by atoms with E-state index >= 15 is 0 Å². The summed E-state index contributed by atoms with van der Waals surface area (Å²) in [4.78, 5) is 21.2. The monoisotopic (exact) mass is 300 g/mol. The van der Waals surface area contributed by atoms with Gasteiger partial charge >= 0.3 is 17.5 Å². The maximum atomic E-state index is 12.1. The highest BCUT2D eigenvalue weighted by molar-refractivity contribution is 5.95. The Hall–Kier alpha value is -3.42. The fourth-order valence-corrected chi connectivity index (χ4v) is 2.20. The van der Waals surface area contributed by atoms with Crippen molar-refractivity contribution in [3.63, 3.8) is 0 Å². The molecular formula is C14H8N2O6. The number of aromatic nitrogens is 1. The molecule has 3 aromatic rings. The van der Waals surface area contributed by atoms with Gasteiger partial charge in [-0.25, -0.2) is 4.79 Å². The highest BCUT2D eigenvalue weighted by Crippen LogP contribution is 2.31. The number of carbonyl (C=O) groups is 1. The summed E-state index contributed by atoms with van der Waals surface area (Å²) in [5, 5.41) is 32.3. The van der Waals surface area contributed by atoms with Gasteiger partial charge in [0.2, 0.25) is 5.52 Å². The van der Waals surface area contributed by atoms with Gasteiger partial charge in [0.25, 0.3) is 0 Å². The lowest BCUT2D eigenvalue weighted by atomic mass is 10.1. The number of hydrogen-bond acceptors (Lipinski definition) is 5. The maximum Gasteiger partial charge on any atom is 0.433 e. The van der Waals surface area contributed by atoms with Gasteiger partial charge < -0.3 is 14.7 Å². The van der Waals surface area contributed by atoms with Crippen LogP contribution in [-0.2, 0) is 0 Å². The van der Waals surface area contributed by atoms with Crippen LogP contribution in [0.1, 0.15) is 10.5 Å². The number of fused-ring (bicyclic) bond motifs is 1. The predicted octanol–water partition coefficient (Wildman–Crippen LogP) is 2.34. The quantitative estimate of drug-likeness (QED) is 0.343. The third-order valence-electron chi connectivity index (χ3n) is 3.17. The Morgan fingerprint density at radius 2 is 1.95 bits per heavy atom. The van der Waals surface area contributed by atoms with E-state index < -0.39 is 22.5 Å². The first-order chi connectivity index (χ1) is 10.5. The largest absolute Gasteiger partial charge is 0.618 e. The summed E-state index contributed by atoms with van der Waals surface area (Å²) >= 11 is 0. The summed E-state index contributed by atoms with van der Waals surface area (Å²) < 4.78 is 5.41. The zero-order valence-corrected chi connectivity index (χ0v) is 10.9. The minimum atomic E-state index is -1.40. The van der Waals surface area contributed by atoms with E-state index in [2.05, 4.69) is 0 Å². The summed E-state index contributed by atoms with van der Waals surface area (Å²) in [5.74, 6) is -1.75. The fraction of sp³-hybridized carbons (Fsp3) is 0. The van der Waals surface area contributed by atoms with Crippen LogP contribution in [0.5, 0.6) is 0 Å². The number of para-hydroxylation sites is 1. The van der Waals surface area contributed by atoms with Crippen molar-refractivity contribution in [2.24, 2.45) is 0 Å². The second kappa shape index (κ2) is 4.85. The third kappa shape index (κ3) is 2.03. The SMILES string of the molecule is O=C(O)c1cc(-c2ccc([N+](=O)[O-])o2)c2ccccc2[n+]1[O-]. The van der Waals surface area contributed by atoms with Gasteiger partial charge in [-0.2, -0.15) is 4.73 Å². The van der Waals surface area contributed by atoms with Crippen LogP contribution in [0.2, 0.25) is 0 Å². The van der Waals surface area contributed by atoms with Gasteiger partial charge in [0.05, 0.1) is 11.5 Å². The van der Waals surface area contributed by atoms with Crippen LogP contribution < -0.4 is 4.73 Å². The number of rotatable bonds is 3. The Bertz CT molecular complexity index is 915. The molecule has 8 heteroatoms. The van der Waals surface area contributed by atoms with Crippen molar-refractivity contribution in [1.82, 2.24) is 0 Å². The van der Waals surface area contributed by atoms with E-state index in [0.29, 0.717) is 15.7 Å². The van der Waals surface area contributed by atoms with Gasteiger partial charge in [-0.1, -0.05) is 12.1 Å². The zero-order valence-electron chi connectivity index (χ0n) is 10.9. The number of furan rings is 1. The van der Waals surface area contributed by atoms with Crippen LogP contribution in [0.4, 0.5) is 5.88 Å². The molecule has 22 heavy (non-hydrogen) atoms. The van der Waals surface area contributed by atoms with Gasteiger partial charge in [-0.05, 0) is 12.1 Å². The summed E-state index contributed by atoms with van der Waals surface area (Å²) in [6.45, 7) is 0. The van der Waals surface area contributed by atoms with Crippen molar-refractivity contribution in [2.75, 3.05) is 0 Å². The number of carboxylic acids is 1. The van der Waals surface area contributed by atoms with Crippen molar-refractivity contribution in [2.45, 2.75) is 0 Å². The minimum absolute atomic E-state index is 0.117. The van der Waals surface area contributed by atoms with E-state index in [4.69, 9.17) is 9.52 Å². The lowest BCUT2D eigenvalue weighted by Crippen LogP contribution is -2.35. The molecule has 1 N–H and O–H groups in total. The highest BCUT2D eigenvalue weighted by atomic mass is 16.6. The first-order valence-electron chi connectivity index (χ1n) is 6.12. The van der Waals surface area contributed by atoms with E-state index in [1.54, 1.807) is 18.2 Å². The molecule has 0 aliphatic heterocycles. The smallest absolute Gasteiger partial charge is 0.433 e. The van der Waals surface area contributed by atoms with E-state index in [1.165, 1.54) is 18.2 Å². The van der Waals surface area contributed by atoms with E-state index in [9.17, 15) is 20.1 Å². The fourth-order valence-electron chi connectivity index (χ4n) is 2.20. The molecule has 2 heterocycles. The van der Waals surface area contributed by atoms with Crippen molar-refractivity contribution >= 4 is 22.8 Å². The predicted molar refractivity (Wildman–Crippen MR) is 74.2 cm³/mol. The first kappa shape index (κ1) is 13.6. The summed E-state index contributed by atoms with van der Waals surface area (Å²) in [6, 6.07) is 10.0.